The number of nitrogens with one attached hydrogen (secondary N) is 1. The molecular weight excluding hydrogens is 330 g/mol. The minimum absolute atomic E-state index is 0.325. The van der Waals surface area contributed by atoms with Gasteiger partial charge in [-0.3, -0.25) is 0 Å². The van der Waals surface area contributed by atoms with E-state index in [1.54, 1.807) is 0 Å². The average Bonchev–Trinajstić information content (AvgIpc) is 3.21. The second-order valence-corrected chi connectivity index (χ2v) is 9.54. The lowest BCUT2D eigenvalue weighted by Gasteiger charge is -2.17. The summed E-state index contributed by atoms with van der Waals surface area (Å²) in [5.41, 5.74) is 5.80. The van der Waals surface area contributed by atoms with Crippen LogP contribution in [0.4, 0.5) is 5.82 Å². The minimum atomic E-state index is 0.325. The van der Waals surface area contributed by atoms with Gasteiger partial charge < -0.3 is 10.2 Å². The van der Waals surface area contributed by atoms with Crippen LogP contribution in [-0.2, 0) is 19.4 Å². The Bertz CT molecular complexity index is 864. The Labute approximate surface area is 163 Å². The van der Waals surface area contributed by atoms with E-state index in [2.05, 4.69) is 68.4 Å². The number of aromatic nitrogens is 1. The van der Waals surface area contributed by atoms with Crippen LogP contribution in [0.15, 0.2) is 30.5 Å². The summed E-state index contributed by atoms with van der Waals surface area (Å²) >= 11 is 0. The maximum Gasteiger partial charge on any atom is 0.130 e. The number of nitrogens with zero attached hydrogens (tertiary/aromatic N) is 2. The van der Waals surface area contributed by atoms with Crippen molar-refractivity contribution in [3.8, 4) is 0 Å². The SMILES string of the molecule is CC(C)CCNc1nc2cc(CN3C=CCC3)ccc2c2c1CC(C)(C)C2. The molecule has 0 radical (unpaired) electrons. The Morgan fingerprint density at radius 1 is 1.19 bits per heavy atom. The van der Waals surface area contributed by atoms with Crippen LogP contribution < -0.4 is 5.32 Å². The first-order valence-electron chi connectivity index (χ1n) is 10.5. The van der Waals surface area contributed by atoms with Gasteiger partial charge in [-0.2, -0.15) is 0 Å². The topological polar surface area (TPSA) is 28.2 Å². The van der Waals surface area contributed by atoms with Crippen molar-refractivity contribution in [3.05, 3.63) is 47.2 Å². The molecule has 0 saturated heterocycles. The number of anilines is 1. The monoisotopic (exact) mass is 363 g/mol. The van der Waals surface area contributed by atoms with E-state index >= 15 is 0 Å². The number of benzene rings is 1. The van der Waals surface area contributed by atoms with E-state index in [9.17, 15) is 0 Å². The van der Waals surface area contributed by atoms with Gasteiger partial charge in [-0.25, -0.2) is 4.98 Å². The van der Waals surface area contributed by atoms with E-state index in [-0.39, 0.29) is 0 Å². The summed E-state index contributed by atoms with van der Waals surface area (Å²) in [6.07, 6.45) is 9.09. The van der Waals surface area contributed by atoms with Crippen molar-refractivity contribution in [2.45, 2.75) is 59.9 Å². The summed E-state index contributed by atoms with van der Waals surface area (Å²) in [7, 11) is 0. The van der Waals surface area contributed by atoms with Crippen molar-refractivity contribution in [1.29, 1.82) is 0 Å². The van der Waals surface area contributed by atoms with Gasteiger partial charge in [0.25, 0.3) is 0 Å². The Morgan fingerprint density at radius 2 is 2.00 bits per heavy atom. The fraction of sp³-hybridized carbons (Fsp3) is 0.542. The molecule has 2 aromatic rings. The van der Waals surface area contributed by atoms with Crippen molar-refractivity contribution in [2.24, 2.45) is 11.3 Å². The lowest BCUT2D eigenvalue weighted by Crippen LogP contribution is -2.13. The van der Waals surface area contributed by atoms with Crippen LogP contribution in [0.5, 0.6) is 0 Å². The lowest BCUT2D eigenvalue weighted by molar-refractivity contribution is 0.393. The van der Waals surface area contributed by atoms with E-state index in [0.29, 0.717) is 11.3 Å². The molecule has 1 aromatic heterocycles. The molecule has 27 heavy (non-hydrogen) atoms. The fourth-order valence-corrected chi connectivity index (χ4v) is 4.46. The molecule has 1 N–H and O–H groups in total. The maximum atomic E-state index is 5.10. The van der Waals surface area contributed by atoms with Gasteiger partial charge in [-0.15, -0.1) is 0 Å². The van der Waals surface area contributed by atoms with E-state index in [0.717, 1.165) is 43.8 Å². The molecule has 144 valence electrons. The zero-order chi connectivity index (χ0) is 19.0. The van der Waals surface area contributed by atoms with Crippen molar-refractivity contribution in [3.63, 3.8) is 0 Å². The number of fused-ring (bicyclic) bond motifs is 3. The van der Waals surface area contributed by atoms with Crippen molar-refractivity contribution in [1.82, 2.24) is 9.88 Å². The number of hydrogen-bond acceptors (Lipinski definition) is 3. The molecule has 2 heterocycles. The molecule has 3 nitrogen and oxygen atoms in total. The molecule has 0 saturated carbocycles. The summed E-state index contributed by atoms with van der Waals surface area (Å²) in [5.74, 6) is 1.84. The molecule has 2 aliphatic rings. The third-order valence-corrected chi connectivity index (χ3v) is 5.88. The number of pyridine rings is 1. The van der Waals surface area contributed by atoms with E-state index in [4.69, 9.17) is 4.98 Å². The zero-order valence-electron chi connectivity index (χ0n) is 17.3. The Kier molecular flexibility index (Phi) is 4.88. The molecule has 0 spiro atoms. The minimum Gasteiger partial charge on any atom is -0.373 e. The summed E-state index contributed by atoms with van der Waals surface area (Å²) in [6.45, 7) is 12.4. The number of rotatable bonds is 6. The third kappa shape index (κ3) is 3.97. The van der Waals surface area contributed by atoms with Crippen molar-refractivity contribution < 1.29 is 0 Å². The Balaban J connectivity index is 1.68. The van der Waals surface area contributed by atoms with Gasteiger partial charge in [-0.1, -0.05) is 45.9 Å². The Hall–Kier alpha value is -2.03. The standard InChI is InChI=1S/C24H33N3/c1-17(2)9-10-25-23-21-15-24(3,4)14-20(21)19-8-7-18(13-22(19)26-23)16-27-11-5-6-12-27/h5,7-8,11,13,17H,6,9-10,12,14-16H2,1-4H3,(H,25,26). The first kappa shape index (κ1) is 18.3. The van der Waals surface area contributed by atoms with Gasteiger partial charge in [0, 0.05) is 25.0 Å². The van der Waals surface area contributed by atoms with Crippen molar-refractivity contribution >= 4 is 16.7 Å². The molecule has 3 heteroatoms. The molecule has 1 aliphatic heterocycles. The van der Waals surface area contributed by atoms with Crippen LogP contribution in [0, 0.1) is 11.3 Å². The highest BCUT2D eigenvalue weighted by molar-refractivity contribution is 5.87. The predicted octanol–water partition coefficient (Wildman–Crippen LogP) is 5.54. The summed E-state index contributed by atoms with van der Waals surface area (Å²) in [4.78, 5) is 7.49. The van der Waals surface area contributed by atoms with E-state index < -0.39 is 0 Å². The first-order chi connectivity index (χ1) is 12.9. The largest absolute Gasteiger partial charge is 0.373 e. The number of hydrogen-bond donors (Lipinski definition) is 1. The maximum absolute atomic E-state index is 5.10. The van der Waals surface area contributed by atoms with E-state index in [1.165, 1.54) is 34.9 Å². The van der Waals surface area contributed by atoms with Gasteiger partial charge in [0.05, 0.1) is 5.52 Å². The zero-order valence-corrected chi connectivity index (χ0v) is 17.3. The summed E-state index contributed by atoms with van der Waals surface area (Å²) < 4.78 is 0. The van der Waals surface area contributed by atoms with Crippen LogP contribution in [0.3, 0.4) is 0 Å². The van der Waals surface area contributed by atoms with Crippen LogP contribution in [-0.4, -0.2) is 23.0 Å². The predicted molar refractivity (Wildman–Crippen MR) is 115 cm³/mol. The lowest BCUT2D eigenvalue weighted by atomic mass is 9.90. The highest BCUT2D eigenvalue weighted by Gasteiger charge is 2.32. The van der Waals surface area contributed by atoms with Gasteiger partial charge in [-0.05, 0) is 66.0 Å². The highest BCUT2D eigenvalue weighted by Crippen LogP contribution is 2.42. The molecule has 0 fully saturated rings. The molecule has 1 aromatic carbocycles. The molecule has 0 unspecified atom stereocenters. The average molecular weight is 364 g/mol. The second-order valence-electron chi connectivity index (χ2n) is 9.54. The van der Waals surface area contributed by atoms with Crippen LogP contribution in [0.2, 0.25) is 0 Å². The van der Waals surface area contributed by atoms with E-state index in [1.807, 2.05) is 0 Å². The first-order valence-corrected chi connectivity index (χ1v) is 10.5. The summed E-state index contributed by atoms with van der Waals surface area (Å²) in [5, 5.41) is 5.02. The molecule has 0 bridgehead atoms. The summed E-state index contributed by atoms with van der Waals surface area (Å²) in [6, 6.07) is 6.92. The van der Waals surface area contributed by atoms with Gasteiger partial charge in [0.1, 0.15) is 5.82 Å². The molecular formula is C24H33N3. The van der Waals surface area contributed by atoms with Gasteiger partial charge in [0.15, 0.2) is 0 Å². The second kappa shape index (κ2) is 7.18. The van der Waals surface area contributed by atoms with Gasteiger partial charge >= 0.3 is 0 Å². The smallest absolute Gasteiger partial charge is 0.130 e. The molecule has 0 amide bonds. The highest BCUT2D eigenvalue weighted by atomic mass is 15.1. The van der Waals surface area contributed by atoms with Crippen LogP contribution in [0.1, 0.15) is 57.2 Å². The van der Waals surface area contributed by atoms with Crippen molar-refractivity contribution in [2.75, 3.05) is 18.4 Å². The molecule has 1 aliphatic carbocycles. The van der Waals surface area contributed by atoms with Gasteiger partial charge in [0.2, 0.25) is 0 Å². The Morgan fingerprint density at radius 3 is 2.74 bits per heavy atom. The normalized spacial score (nSPS) is 17.9. The molecule has 4 rings (SSSR count). The molecule has 0 atom stereocenters. The fourth-order valence-electron chi connectivity index (χ4n) is 4.46. The quantitative estimate of drug-likeness (QED) is 0.730. The van der Waals surface area contributed by atoms with Crippen LogP contribution >= 0.6 is 0 Å². The van der Waals surface area contributed by atoms with Crippen LogP contribution in [0.25, 0.3) is 10.9 Å². The third-order valence-electron chi connectivity index (χ3n) is 5.88.